The number of nitrogens with one attached hydrogen (secondary N) is 2. The number of rotatable bonds is 6. The van der Waals surface area contributed by atoms with Crippen LogP contribution in [0.1, 0.15) is 31.2 Å². The third-order valence-electron chi connectivity index (χ3n) is 5.21. The van der Waals surface area contributed by atoms with E-state index < -0.39 is 41.9 Å². The van der Waals surface area contributed by atoms with Crippen LogP contribution in [0.4, 0.5) is 13.2 Å². The van der Waals surface area contributed by atoms with E-state index in [4.69, 9.17) is 4.65 Å². The molecule has 0 amide bonds. The zero-order valence-electron chi connectivity index (χ0n) is 15.2. The molecule has 29 heavy (non-hydrogen) atoms. The van der Waals surface area contributed by atoms with Crippen molar-refractivity contribution in [3.05, 3.63) is 30.0 Å². The van der Waals surface area contributed by atoms with E-state index in [-0.39, 0.29) is 12.0 Å². The van der Waals surface area contributed by atoms with Crippen LogP contribution in [0.2, 0.25) is 0 Å². The van der Waals surface area contributed by atoms with Crippen molar-refractivity contribution in [3.63, 3.8) is 0 Å². The van der Waals surface area contributed by atoms with Crippen molar-refractivity contribution < 1.29 is 31.3 Å². The van der Waals surface area contributed by atoms with Gasteiger partial charge >= 0.3 is 13.3 Å². The molecule has 0 radical (unpaired) electrons. The largest absolute Gasteiger partial charge is 0.552 e. The molecule has 1 saturated carbocycles. The first-order valence-corrected chi connectivity index (χ1v) is 10.9. The molecule has 0 unspecified atom stereocenters. The molecule has 12 heteroatoms. The minimum Gasteiger partial charge on any atom is -0.531 e. The van der Waals surface area contributed by atoms with Gasteiger partial charge in [-0.25, -0.2) is 18.1 Å². The highest BCUT2D eigenvalue weighted by Gasteiger charge is 2.39. The number of aromatic nitrogens is 2. The standard InChI is InChI=1S/C17H19BF3N3O4S/c19-17(20,21)3-1-5-29(26,27)24-11-6-10(7-11)13-8-18(25)28-14-9-23-16-12(15(13)14)2-4-22-16/h2,4,8-11,24-25H,1,3,5-7H2,(H,22,23)/t10-,11+. The lowest BCUT2D eigenvalue weighted by molar-refractivity contribution is -0.134. The van der Waals surface area contributed by atoms with Gasteiger partial charge in [0, 0.05) is 29.6 Å². The summed E-state index contributed by atoms with van der Waals surface area (Å²) in [7, 11) is -4.89. The number of aromatic amines is 1. The van der Waals surface area contributed by atoms with E-state index in [1.165, 1.54) is 6.20 Å². The molecule has 0 atom stereocenters. The average Bonchev–Trinajstić information content (AvgIpc) is 3.04. The van der Waals surface area contributed by atoms with Crippen molar-refractivity contribution in [2.45, 2.75) is 37.9 Å². The number of alkyl halides is 3. The van der Waals surface area contributed by atoms with E-state index in [1.54, 1.807) is 12.2 Å². The van der Waals surface area contributed by atoms with E-state index in [0.29, 0.717) is 24.2 Å². The predicted molar refractivity (Wildman–Crippen MR) is 101 cm³/mol. The fourth-order valence-electron chi connectivity index (χ4n) is 3.86. The molecule has 1 fully saturated rings. The third kappa shape index (κ3) is 4.43. The van der Waals surface area contributed by atoms with E-state index >= 15 is 0 Å². The van der Waals surface area contributed by atoms with Crippen LogP contribution in [0.3, 0.4) is 0 Å². The quantitative estimate of drug-likeness (QED) is 0.612. The Bertz CT molecular complexity index is 1050. The van der Waals surface area contributed by atoms with Gasteiger partial charge in [0.25, 0.3) is 0 Å². The fraction of sp³-hybridized carbons (Fsp3) is 0.471. The molecular weight excluding hydrogens is 410 g/mol. The van der Waals surface area contributed by atoms with E-state index in [0.717, 1.165) is 16.5 Å². The van der Waals surface area contributed by atoms with Crippen molar-refractivity contribution in [1.82, 2.24) is 14.7 Å². The number of allylic oxidation sites excluding steroid dienone is 1. The number of nitrogens with zero attached hydrogens (tertiary/aromatic N) is 1. The molecule has 0 bridgehead atoms. The highest BCUT2D eigenvalue weighted by molar-refractivity contribution is 7.89. The molecule has 0 saturated heterocycles. The van der Waals surface area contributed by atoms with Gasteiger partial charge < -0.3 is 14.7 Å². The van der Waals surface area contributed by atoms with Crippen LogP contribution < -0.4 is 9.38 Å². The molecule has 2 aromatic rings. The summed E-state index contributed by atoms with van der Waals surface area (Å²) in [4.78, 5) is 7.26. The number of fused-ring (bicyclic) bond motifs is 3. The summed E-state index contributed by atoms with van der Waals surface area (Å²) < 4.78 is 68.6. The number of pyridine rings is 1. The summed E-state index contributed by atoms with van der Waals surface area (Å²) in [6.07, 6.45) is -1.68. The van der Waals surface area contributed by atoms with Crippen molar-refractivity contribution in [2.24, 2.45) is 5.92 Å². The monoisotopic (exact) mass is 429 g/mol. The number of sulfonamides is 1. The van der Waals surface area contributed by atoms with Crippen LogP contribution in [0.15, 0.2) is 24.4 Å². The van der Waals surface area contributed by atoms with Gasteiger partial charge in [0.1, 0.15) is 11.4 Å². The number of hydrogen-bond acceptors (Lipinski definition) is 5. The van der Waals surface area contributed by atoms with Crippen molar-refractivity contribution >= 4 is 33.7 Å². The summed E-state index contributed by atoms with van der Waals surface area (Å²) >= 11 is 0. The second-order valence-corrected chi connectivity index (χ2v) is 9.26. The average molecular weight is 429 g/mol. The second-order valence-electron chi connectivity index (χ2n) is 7.39. The predicted octanol–water partition coefficient (Wildman–Crippen LogP) is 2.40. The number of halogens is 3. The smallest absolute Gasteiger partial charge is 0.531 e. The Kier molecular flexibility index (Phi) is 5.12. The molecule has 0 spiro atoms. The highest BCUT2D eigenvalue weighted by Crippen LogP contribution is 2.46. The van der Waals surface area contributed by atoms with Crippen LogP contribution in [-0.4, -0.2) is 48.5 Å². The molecule has 0 aromatic carbocycles. The minimum absolute atomic E-state index is 0.00400. The summed E-state index contributed by atoms with van der Waals surface area (Å²) in [6, 6.07) is 1.51. The summed E-state index contributed by atoms with van der Waals surface area (Å²) in [6.45, 7) is 0. The van der Waals surface area contributed by atoms with Gasteiger partial charge in [-0.05, 0) is 42.8 Å². The maximum atomic E-state index is 12.2. The molecular formula is C17H19BF3N3O4S. The Morgan fingerprint density at radius 1 is 1.38 bits per heavy atom. The maximum Gasteiger partial charge on any atom is 0.552 e. The molecule has 3 N–H and O–H groups in total. The Morgan fingerprint density at radius 2 is 2.14 bits per heavy atom. The van der Waals surface area contributed by atoms with Crippen LogP contribution in [0, 0.1) is 5.92 Å². The number of H-pyrrole nitrogens is 1. The van der Waals surface area contributed by atoms with Gasteiger partial charge in [-0.2, -0.15) is 13.2 Å². The van der Waals surface area contributed by atoms with Crippen LogP contribution in [0.25, 0.3) is 16.6 Å². The highest BCUT2D eigenvalue weighted by atomic mass is 32.2. The number of hydrogen-bond donors (Lipinski definition) is 3. The Balaban J connectivity index is 1.42. The Hall–Kier alpha value is -2.05. The summed E-state index contributed by atoms with van der Waals surface area (Å²) in [5, 5.41) is 10.8. The summed E-state index contributed by atoms with van der Waals surface area (Å²) in [5.41, 5.74) is 2.35. The van der Waals surface area contributed by atoms with Gasteiger partial charge in [-0.15, -0.1) is 0 Å². The zero-order valence-corrected chi connectivity index (χ0v) is 16.1. The Labute approximate surface area is 165 Å². The van der Waals surface area contributed by atoms with Crippen molar-refractivity contribution in [3.8, 4) is 5.75 Å². The zero-order chi connectivity index (χ0) is 20.8. The maximum absolute atomic E-state index is 12.2. The van der Waals surface area contributed by atoms with Gasteiger partial charge in [0.2, 0.25) is 10.0 Å². The normalized spacial score (nSPS) is 22.1. The van der Waals surface area contributed by atoms with E-state index in [9.17, 15) is 26.6 Å². The molecule has 4 rings (SSSR count). The SMILES string of the molecule is O=S(=O)(CCCC(F)(F)F)N[C@H]1C[C@@H](C2=CB(O)Oc3cnc4[nH]ccc4c32)C1. The minimum atomic E-state index is -4.36. The molecule has 156 valence electrons. The van der Waals surface area contributed by atoms with E-state index in [2.05, 4.69) is 14.7 Å². The van der Waals surface area contributed by atoms with Crippen molar-refractivity contribution in [1.29, 1.82) is 0 Å². The lowest BCUT2D eigenvalue weighted by atomic mass is 9.68. The van der Waals surface area contributed by atoms with Gasteiger partial charge in [0.15, 0.2) is 0 Å². The van der Waals surface area contributed by atoms with E-state index in [1.807, 2.05) is 6.07 Å². The topological polar surface area (TPSA) is 104 Å². The fourth-order valence-corrected chi connectivity index (χ4v) is 5.20. The molecule has 3 heterocycles. The second kappa shape index (κ2) is 7.33. The molecule has 2 aromatic heterocycles. The first-order valence-electron chi connectivity index (χ1n) is 9.21. The molecule has 7 nitrogen and oxygen atoms in total. The van der Waals surface area contributed by atoms with Crippen LogP contribution in [0.5, 0.6) is 5.75 Å². The van der Waals surface area contributed by atoms with Crippen molar-refractivity contribution in [2.75, 3.05) is 5.75 Å². The molecule has 1 aliphatic carbocycles. The first kappa shape index (κ1) is 20.2. The first-order chi connectivity index (χ1) is 13.6. The van der Waals surface area contributed by atoms with Crippen LogP contribution in [-0.2, 0) is 10.0 Å². The van der Waals surface area contributed by atoms with Gasteiger partial charge in [-0.1, -0.05) is 0 Å². The molecule has 1 aliphatic heterocycles. The lowest BCUT2D eigenvalue weighted by Gasteiger charge is -2.39. The molecule has 2 aliphatic rings. The van der Waals surface area contributed by atoms with Crippen LogP contribution >= 0.6 is 0 Å². The lowest BCUT2D eigenvalue weighted by Crippen LogP contribution is -2.46. The third-order valence-corrected chi connectivity index (χ3v) is 6.73. The van der Waals surface area contributed by atoms with Gasteiger partial charge in [-0.3, -0.25) is 0 Å². The van der Waals surface area contributed by atoms with Gasteiger partial charge in [0.05, 0.1) is 11.9 Å². The summed E-state index contributed by atoms with van der Waals surface area (Å²) in [5.74, 6) is 1.50. The Morgan fingerprint density at radius 3 is 2.86 bits per heavy atom.